The highest BCUT2D eigenvalue weighted by atomic mass is 32.2. The molecule has 0 spiro atoms. The first kappa shape index (κ1) is 13.8. The van der Waals surface area contributed by atoms with Gasteiger partial charge >= 0.3 is 0 Å². The van der Waals surface area contributed by atoms with Crippen LogP contribution in [0.3, 0.4) is 0 Å². The molecule has 0 fully saturated rings. The van der Waals surface area contributed by atoms with Crippen molar-refractivity contribution >= 4 is 32.2 Å². The summed E-state index contributed by atoms with van der Waals surface area (Å²) in [5.74, 6) is 0.348. The molecule has 0 unspecified atom stereocenters. The minimum Gasteiger partial charge on any atom is -0.260 e. The van der Waals surface area contributed by atoms with Crippen molar-refractivity contribution in [2.75, 3.05) is 19.1 Å². The van der Waals surface area contributed by atoms with Gasteiger partial charge in [0, 0.05) is 35.9 Å². The van der Waals surface area contributed by atoms with Crippen LogP contribution in [-0.4, -0.2) is 42.0 Å². The number of hydrogen-bond acceptors (Lipinski definition) is 4. The first-order valence-electron chi connectivity index (χ1n) is 4.67. The van der Waals surface area contributed by atoms with Gasteiger partial charge in [0.05, 0.1) is 0 Å². The van der Waals surface area contributed by atoms with E-state index in [2.05, 4.69) is 0 Å². The zero-order valence-electron chi connectivity index (χ0n) is 9.41. The molecule has 0 saturated carbocycles. The molecule has 1 aromatic heterocycles. The average molecular weight is 281 g/mol. The third-order valence-electron chi connectivity index (χ3n) is 2.23. The van der Waals surface area contributed by atoms with E-state index in [1.807, 2.05) is 0 Å². The molecular weight excluding hydrogens is 266 g/mol. The lowest BCUT2D eigenvalue weighted by atomic mass is 10.4. The molecule has 1 rings (SSSR count). The van der Waals surface area contributed by atoms with E-state index in [9.17, 15) is 12.6 Å². The smallest absolute Gasteiger partial charge is 0.252 e. The summed E-state index contributed by atoms with van der Waals surface area (Å²) in [4.78, 5) is 0. The Morgan fingerprint density at radius 1 is 1.56 bits per heavy atom. The highest BCUT2D eigenvalue weighted by Crippen LogP contribution is 2.21. The van der Waals surface area contributed by atoms with Gasteiger partial charge in [0.15, 0.2) is 0 Å². The normalized spacial score (nSPS) is 16.2. The monoisotopic (exact) mass is 281 g/mol. The summed E-state index contributed by atoms with van der Waals surface area (Å²) in [5, 5.41) is 1.73. The Labute approximate surface area is 103 Å². The fraction of sp³-hybridized carbons (Fsp3) is 0.556. The highest BCUT2D eigenvalue weighted by molar-refractivity contribution is 7.91. The topological polar surface area (TPSA) is 54.5 Å². The van der Waals surface area contributed by atoms with Crippen LogP contribution >= 0.6 is 11.3 Å². The molecule has 0 aliphatic heterocycles. The van der Waals surface area contributed by atoms with Gasteiger partial charge in [0.2, 0.25) is 0 Å². The minimum atomic E-state index is -3.42. The SMILES string of the molecule is C[C@H](C[S@@](C)=O)N(C)S(=O)(=O)c1cccs1. The first-order chi connectivity index (χ1) is 7.35. The number of thiophene rings is 1. The van der Waals surface area contributed by atoms with E-state index in [1.54, 1.807) is 30.7 Å². The van der Waals surface area contributed by atoms with Crippen molar-refractivity contribution in [1.29, 1.82) is 0 Å². The molecule has 0 aliphatic rings. The summed E-state index contributed by atoms with van der Waals surface area (Å²) in [6.07, 6.45) is 1.57. The molecule has 1 heterocycles. The Hall–Kier alpha value is -0.240. The van der Waals surface area contributed by atoms with Crippen LogP contribution in [0.1, 0.15) is 6.92 Å². The zero-order chi connectivity index (χ0) is 12.3. The van der Waals surface area contributed by atoms with Gasteiger partial charge in [-0.05, 0) is 18.4 Å². The minimum absolute atomic E-state index is 0.266. The quantitative estimate of drug-likeness (QED) is 0.813. The second kappa shape index (κ2) is 5.39. The Morgan fingerprint density at radius 3 is 2.62 bits per heavy atom. The summed E-state index contributed by atoms with van der Waals surface area (Å²) in [7, 11) is -2.90. The molecule has 0 aliphatic carbocycles. The van der Waals surface area contributed by atoms with E-state index in [0.29, 0.717) is 9.96 Å². The Kier molecular flexibility index (Phi) is 4.66. The molecule has 16 heavy (non-hydrogen) atoms. The number of rotatable bonds is 5. The summed E-state index contributed by atoms with van der Waals surface area (Å²) in [5.41, 5.74) is 0. The maximum absolute atomic E-state index is 12.1. The number of nitrogens with zero attached hydrogens (tertiary/aromatic N) is 1. The van der Waals surface area contributed by atoms with Crippen LogP contribution in [0.15, 0.2) is 21.7 Å². The van der Waals surface area contributed by atoms with Crippen LogP contribution in [0.2, 0.25) is 0 Å². The van der Waals surface area contributed by atoms with Crippen LogP contribution in [0.4, 0.5) is 0 Å². The average Bonchev–Trinajstić information content (AvgIpc) is 2.68. The lowest BCUT2D eigenvalue weighted by molar-refractivity contribution is 0.414. The van der Waals surface area contributed by atoms with Gasteiger partial charge in [-0.2, -0.15) is 4.31 Å². The van der Waals surface area contributed by atoms with Crippen LogP contribution in [0, 0.1) is 0 Å². The maximum Gasteiger partial charge on any atom is 0.252 e. The molecule has 0 bridgehead atoms. The molecule has 0 radical (unpaired) electrons. The van der Waals surface area contributed by atoms with Gasteiger partial charge < -0.3 is 0 Å². The second-order valence-electron chi connectivity index (χ2n) is 3.54. The van der Waals surface area contributed by atoms with Crippen LogP contribution in [-0.2, 0) is 20.8 Å². The second-order valence-corrected chi connectivity index (χ2v) is 8.19. The predicted octanol–water partition coefficient (Wildman–Crippen LogP) is 1.14. The van der Waals surface area contributed by atoms with Crippen molar-refractivity contribution in [2.45, 2.75) is 17.2 Å². The highest BCUT2D eigenvalue weighted by Gasteiger charge is 2.26. The largest absolute Gasteiger partial charge is 0.260 e. The lowest BCUT2D eigenvalue weighted by Gasteiger charge is -2.22. The lowest BCUT2D eigenvalue weighted by Crippen LogP contribution is -2.37. The van der Waals surface area contributed by atoms with Gasteiger partial charge in [-0.25, -0.2) is 8.42 Å². The van der Waals surface area contributed by atoms with E-state index in [4.69, 9.17) is 0 Å². The third-order valence-corrected chi connectivity index (χ3v) is 6.52. The van der Waals surface area contributed by atoms with Crippen molar-refractivity contribution < 1.29 is 12.6 Å². The standard InChI is InChI=1S/C9H15NO3S3/c1-8(7-15(3)11)10(2)16(12,13)9-5-4-6-14-9/h4-6,8H,7H2,1-3H3/t8-,15-/m1/s1. The molecular formula is C9H15NO3S3. The van der Waals surface area contributed by atoms with Gasteiger partial charge in [-0.1, -0.05) is 6.07 Å². The third kappa shape index (κ3) is 3.13. The van der Waals surface area contributed by atoms with Crippen molar-refractivity contribution in [3.63, 3.8) is 0 Å². The molecule has 2 atom stereocenters. The molecule has 0 amide bonds. The Balaban J connectivity index is 2.89. The molecule has 4 nitrogen and oxygen atoms in total. The first-order valence-corrected chi connectivity index (χ1v) is 8.72. The fourth-order valence-electron chi connectivity index (χ4n) is 1.23. The summed E-state index contributed by atoms with van der Waals surface area (Å²) in [6.45, 7) is 1.76. The fourth-order valence-corrected chi connectivity index (χ4v) is 4.77. The zero-order valence-corrected chi connectivity index (χ0v) is 11.9. The van der Waals surface area contributed by atoms with Crippen LogP contribution in [0.5, 0.6) is 0 Å². The number of sulfonamides is 1. The van der Waals surface area contributed by atoms with Crippen molar-refractivity contribution in [1.82, 2.24) is 4.31 Å². The summed E-state index contributed by atoms with van der Waals surface area (Å²) < 4.78 is 36.8. The van der Waals surface area contributed by atoms with E-state index < -0.39 is 20.8 Å². The van der Waals surface area contributed by atoms with Crippen LogP contribution in [0.25, 0.3) is 0 Å². The molecule has 0 aromatic carbocycles. The van der Waals surface area contributed by atoms with Gasteiger partial charge in [0.25, 0.3) is 10.0 Å². The molecule has 92 valence electrons. The Morgan fingerprint density at radius 2 is 2.19 bits per heavy atom. The molecule has 0 saturated heterocycles. The molecule has 7 heteroatoms. The molecule has 0 N–H and O–H groups in total. The van der Waals surface area contributed by atoms with E-state index in [1.165, 1.54) is 22.7 Å². The van der Waals surface area contributed by atoms with Gasteiger partial charge in [0.1, 0.15) is 4.21 Å². The van der Waals surface area contributed by atoms with E-state index in [-0.39, 0.29) is 6.04 Å². The van der Waals surface area contributed by atoms with E-state index >= 15 is 0 Å². The summed E-state index contributed by atoms with van der Waals surface area (Å²) >= 11 is 1.19. The van der Waals surface area contributed by atoms with Gasteiger partial charge in [-0.15, -0.1) is 11.3 Å². The van der Waals surface area contributed by atoms with Crippen molar-refractivity contribution in [3.8, 4) is 0 Å². The Bertz CT molecular complexity index is 452. The predicted molar refractivity (Wildman–Crippen MR) is 67.7 cm³/mol. The maximum atomic E-state index is 12.1. The van der Waals surface area contributed by atoms with Gasteiger partial charge in [-0.3, -0.25) is 4.21 Å². The summed E-state index contributed by atoms with van der Waals surface area (Å²) in [6, 6.07) is 3.01. The number of hydrogen-bond donors (Lipinski definition) is 0. The molecule has 1 aromatic rings. The van der Waals surface area contributed by atoms with E-state index in [0.717, 1.165) is 0 Å². The van der Waals surface area contributed by atoms with Crippen LogP contribution < -0.4 is 0 Å². The van der Waals surface area contributed by atoms with Crippen molar-refractivity contribution in [3.05, 3.63) is 17.5 Å². The van der Waals surface area contributed by atoms with Crippen molar-refractivity contribution in [2.24, 2.45) is 0 Å².